The van der Waals surface area contributed by atoms with Crippen molar-refractivity contribution in [2.45, 2.75) is 51.4 Å². The quantitative estimate of drug-likeness (QED) is 0.769. The minimum atomic E-state index is -0.347. The first kappa shape index (κ1) is 14.8. The number of thioether (sulfide) groups is 1. The Kier molecular flexibility index (Phi) is 6.34. The molecule has 1 fully saturated rings. The third-order valence-corrected chi connectivity index (χ3v) is 4.67. The maximum Gasteiger partial charge on any atom is 0.235 e. The molecule has 0 aromatic rings. The van der Waals surface area contributed by atoms with Crippen molar-refractivity contribution in [1.82, 2.24) is 4.90 Å². The Morgan fingerprint density at radius 3 is 2.88 bits per heavy atom. The molecule has 3 atom stereocenters. The zero-order valence-electron chi connectivity index (χ0n) is 11.2. The molecule has 1 rings (SSSR count). The standard InChI is InChI=1S/C13H25NO2S/c1-4-5-8-17-11(3)13(16)14-7-6-10(2)12(15)9-14/h10-12,15H,4-9H2,1-3H3. The molecular formula is C13H25NO2S. The van der Waals surface area contributed by atoms with Gasteiger partial charge in [0.25, 0.3) is 0 Å². The molecule has 0 aromatic heterocycles. The first-order chi connectivity index (χ1) is 8.06. The number of carbonyl (C=O) groups is 1. The Morgan fingerprint density at radius 2 is 2.29 bits per heavy atom. The molecule has 1 amide bonds. The van der Waals surface area contributed by atoms with E-state index in [0.29, 0.717) is 12.5 Å². The smallest absolute Gasteiger partial charge is 0.235 e. The fourth-order valence-corrected chi connectivity index (χ4v) is 3.08. The number of aliphatic hydroxyl groups is 1. The molecule has 0 radical (unpaired) electrons. The van der Waals surface area contributed by atoms with Crippen LogP contribution in [0.5, 0.6) is 0 Å². The lowest BCUT2D eigenvalue weighted by Crippen LogP contribution is -2.48. The van der Waals surface area contributed by atoms with E-state index in [-0.39, 0.29) is 17.3 Å². The number of hydrogen-bond acceptors (Lipinski definition) is 3. The van der Waals surface area contributed by atoms with Gasteiger partial charge in [0.15, 0.2) is 0 Å². The van der Waals surface area contributed by atoms with Crippen molar-refractivity contribution in [3.8, 4) is 0 Å². The van der Waals surface area contributed by atoms with Crippen molar-refractivity contribution < 1.29 is 9.90 Å². The molecule has 4 heteroatoms. The number of carbonyl (C=O) groups excluding carboxylic acids is 1. The van der Waals surface area contributed by atoms with E-state index in [1.807, 2.05) is 18.7 Å². The summed E-state index contributed by atoms with van der Waals surface area (Å²) in [5, 5.41) is 9.82. The van der Waals surface area contributed by atoms with Gasteiger partial charge in [-0.25, -0.2) is 0 Å². The van der Waals surface area contributed by atoms with Gasteiger partial charge in [-0.3, -0.25) is 4.79 Å². The van der Waals surface area contributed by atoms with Gasteiger partial charge in [0.1, 0.15) is 0 Å². The van der Waals surface area contributed by atoms with Gasteiger partial charge in [0, 0.05) is 13.1 Å². The fourth-order valence-electron chi connectivity index (χ4n) is 1.98. The van der Waals surface area contributed by atoms with Crippen molar-refractivity contribution in [2.24, 2.45) is 5.92 Å². The van der Waals surface area contributed by atoms with E-state index in [0.717, 1.165) is 18.7 Å². The second-order valence-corrected chi connectivity index (χ2v) is 6.43. The molecule has 17 heavy (non-hydrogen) atoms. The van der Waals surface area contributed by atoms with Crippen LogP contribution in [0.2, 0.25) is 0 Å². The van der Waals surface area contributed by atoms with E-state index >= 15 is 0 Å². The maximum absolute atomic E-state index is 12.1. The Labute approximate surface area is 109 Å². The van der Waals surface area contributed by atoms with Gasteiger partial charge in [0.05, 0.1) is 11.4 Å². The van der Waals surface area contributed by atoms with E-state index < -0.39 is 0 Å². The van der Waals surface area contributed by atoms with Crippen LogP contribution in [0.25, 0.3) is 0 Å². The van der Waals surface area contributed by atoms with Crippen LogP contribution in [-0.4, -0.2) is 46.1 Å². The zero-order valence-corrected chi connectivity index (χ0v) is 12.0. The summed E-state index contributed by atoms with van der Waals surface area (Å²) in [4.78, 5) is 14.0. The van der Waals surface area contributed by atoms with Crippen LogP contribution in [0.1, 0.15) is 40.0 Å². The minimum absolute atomic E-state index is 0.0298. The van der Waals surface area contributed by atoms with Gasteiger partial charge in [-0.1, -0.05) is 20.3 Å². The molecule has 0 bridgehead atoms. The van der Waals surface area contributed by atoms with E-state index in [1.54, 1.807) is 11.8 Å². The molecule has 100 valence electrons. The topological polar surface area (TPSA) is 40.5 Å². The van der Waals surface area contributed by atoms with Crippen LogP contribution in [0.4, 0.5) is 0 Å². The molecule has 1 N–H and O–H groups in total. The van der Waals surface area contributed by atoms with Crippen molar-refractivity contribution in [2.75, 3.05) is 18.8 Å². The highest BCUT2D eigenvalue weighted by Gasteiger charge is 2.29. The number of amides is 1. The molecule has 1 aliphatic rings. The number of rotatable bonds is 5. The molecule has 0 aliphatic carbocycles. The average molecular weight is 259 g/mol. The van der Waals surface area contributed by atoms with E-state index in [1.165, 1.54) is 12.8 Å². The van der Waals surface area contributed by atoms with Crippen LogP contribution in [0.3, 0.4) is 0 Å². The lowest BCUT2D eigenvalue weighted by molar-refractivity contribution is -0.134. The van der Waals surface area contributed by atoms with Crippen LogP contribution < -0.4 is 0 Å². The predicted molar refractivity (Wildman–Crippen MR) is 73.2 cm³/mol. The number of unbranched alkanes of at least 4 members (excludes halogenated alkanes) is 1. The molecule has 3 nitrogen and oxygen atoms in total. The maximum atomic E-state index is 12.1. The minimum Gasteiger partial charge on any atom is -0.391 e. The van der Waals surface area contributed by atoms with Gasteiger partial charge < -0.3 is 10.0 Å². The molecule has 1 aliphatic heterocycles. The lowest BCUT2D eigenvalue weighted by Gasteiger charge is -2.35. The molecular weight excluding hydrogens is 234 g/mol. The number of nitrogens with zero attached hydrogens (tertiary/aromatic N) is 1. The van der Waals surface area contributed by atoms with E-state index in [4.69, 9.17) is 0 Å². The summed E-state index contributed by atoms with van der Waals surface area (Å²) in [7, 11) is 0. The first-order valence-corrected chi connectivity index (χ1v) is 7.69. The molecule has 1 heterocycles. The summed E-state index contributed by atoms with van der Waals surface area (Å²) >= 11 is 1.73. The normalized spacial score (nSPS) is 26.9. The Bertz CT molecular complexity index is 248. The highest BCUT2D eigenvalue weighted by atomic mass is 32.2. The summed E-state index contributed by atoms with van der Waals surface area (Å²) in [5.41, 5.74) is 0. The number of piperidine rings is 1. The summed E-state index contributed by atoms with van der Waals surface area (Å²) in [6, 6.07) is 0. The molecule has 0 spiro atoms. The molecule has 0 saturated carbocycles. The van der Waals surface area contributed by atoms with Crippen molar-refractivity contribution >= 4 is 17.7 Å². The lowest BCUT2D eigenvalue weighted by atomic mass is 9.96. The van der Waals surface area contributed by atoms with Crippen LogP contribution >= 0.6 is 11.8 Å². The van der Waals surface area contributed by atoms with Gasteiger partial charge in [0.2, 0.25) is 5.91 Å². The molecule has 1 saturated heterocycles. The second kappa shape index (κ2) is 7.27. The van der Waals surface area contributed by atoms with Crippen LogP contribution in [-0.2, 0) is 4.79 Å². The van der Waals surface area contributed by atoms with E-state index in [9.17, 15) is 9.90 Å². The number of aliphatic hydroxyl groups excluding tert-OH is 1. The monoisotopic (exact) mass is 259 g/mol. The van der Waals surface area contributed by atoms with Gasteiger partial charge >= 0.3 is 0 Å². The fraction of sp³-hybridized carbons (Fsp3) is 0.923. The zero-order chi connectivity index (χ0) is 12.8. The molecule has 0 aromatic carbocycles. The average Bonchev–Trinajstić information content (AvgIpc) is 2.32. The Morgan fingerprint density at radius 1 is 1.59 bits per heavy atom. The Hall–Kier alpha value is -0.220. The van der Waals surface area contributed by atoms with Gasteiger partial charge in [-0.2, -0.15) is 0 Å². The molecule has 3 unspecified atom stereocenters. The Balaban J connectivity index is 2.36. The van der Waals surface area contributed by atoms with Crippen LogP contribution in [0.15, 0.2) is 0 Å². The SMILES string of the molecule is CCCCSC(C)C(=O)N1CCC(C)C(O)C1. The second-order valence-electron chi connectivity index (χ2n) is 4.98. The van der Waals surface area contributed by atoms with Gasteiger partial charge in [-0.05, 0) is 31.4 Å². The summed E-state index contributed by atoms with van der Waals surface area (Å²) in [6.45, 7) is 7.50. The third kappa shape index (κ3) is 4.51. The summed E-state index contributed by atoms with van der Waals surface area (Å²) in [5.74, 6) is 1.56. The first-order valence-electron chi connectivity index (χ1n) is 6.64. The predicted octanol–water partition coefficient (Wildman–Crippen LogP) is 2.14. The number of β-amino-alcohol motifs (C(OH)–C–C–N with tert-alkyl or cyclic N) is 1. The van der Waals surface area contributed by atoms with Crippen molar-refractivity contribution in [3.63, 3.8) is 0 Å². The summed E-state index contributed by atoms with van der Waals surface area (Å²) in [6.07, 6.45) is 2.91. The van der Waals surface area contributed by atoms with Crippen molar-refractivity contribution in [3.05, 3.63) is 0 Å². The van der Waals surface area contributed by atoms with E-state index in [2.05, 4.69) is 6.92 Å². The largest absolute Gasteiger partial charge is 0.391 e. The third-order valence-electron chi connectivity index (χ3n) is 3.44. The number of hydrogen-bond donors (Lipinski definition) is 1. The van der Waals surface area contributed by atoms with Gasteiger partial charge in [-0.15, -0.1) is 11.8 Å². The van der Waals surface area contributed by atoms with Crippen LogP contribution in [0, 0.1) is 5.92 Å². The highest BCUT2D eigenvalue weighted by Crippen LogP contribution is 2.21. The highest BCUT2D eigenvalue weighted by molar-refractivity contribution is 8.00. The summed E-state index contributed by atoms with van der Waals surface area (Å²) < 4.78 is 0. The van der Waals surface area contributed by atoms with Crippen molar-refractivity contribution in [1.29, 1.82) is 0 Å². The number of likely N-dealkylation sites (tertiary alicyclic amines) is 1.